The molecule has 0 bridgehead atoms. The molecule has 0 spiro atoms. The number of aromatic amines is 1. The van der Waals surface area contributed by atoms with Crippen LogP contribution in [0.2, 0.25) is 15.1 Å². The maximum Gasteiger partial charge on any atom is 0.318 e. The van der Waals surface area contributed by atoms with E-state index in [0.29, 0.717) is 27.1 Å². The summed E-state index contributed by atoms with van der Waals surface area (Å²) in [6, 6.07) is 17.9. The molecule has 4 aromatic carbocycles. The van der Waals surface area contributed by atoms with Crippen LogP contribution in [-0.4, -0.2) is 44.3 Å². The first kappa shape index (κ1) is 32.3. The summed E-state index contributed by atoms with van der Waals surface area (Å²) in [5.74, 6) is -1.09. The summed E-state index contributed by atoms with van der Waals surface area (Å²) in [6.07, 6.45) is 0. The van der Waals surface area contributed by atoms with Gasteiger partial charge in [-0.3, -0.25) is 9.59 Å². The van der Waals surface area contributed by atoms with Gasteiger partial charge < -0.3 is 15.2 Å². The minimum Gasteiger partial charge on any atom is -0.349 e. The Bertz CT molecular complexity index is 2060. The van der Waals surface area contributed by atoms with E-state index in [2.05, 4.69) is 15.3 Å². The molecule has 0 aliphatic rings. The number of anilines is 3. The molecule has 1 heterocycles. The maximum atomic E-state index is 14.4. The molecule has 45 heavy (non-hydrogen) atoms. The lowest BCUT2D eigenvalue weighted by Crippen LogP contribution is -2.34. The number of carbonyl (C=O) groups is 2. The number of aromatic nitrogens is 2. The summed E-state index contributed by atoms with van der Waals surface area (Å²) in [7, 11) is -1.01. The molecular formula is C31H26Cl3N5O5S. The lowest BCUT2D eigenvalue weighted by molar-refractivity contribution is 0.0886. The molecule has 5 rings (SSSR count). The van der Waals surface area contributed by atoms with Crippen LogP contribution >= 0.6 is 34.8 Å². The molecule has 5 aromatic rings. The van der Waals surface area contributed by atoms with Crippen molar-refractivity contribution in [3.8, 4) is 0 Å². The zero-order valence-electron chi connectivity index (χ0n) is 24.4. The highest BCUT2D eigenvalue weighted by atomic mass is 35.5. The molecule has 0 fully saturated rings. The van der Waals surface area contributed by atoms with E-state index in [1.54, 1.807) is 56.3 Å². The lowest BCUT2D eigenvalue weighted by atomic mass is 10.1. The summed E-state index contributed by atoms with van der Waals surface area (Å²) in [6.45, 7) is 3.57. The summed E-state index contributed by atoms with van der Waals surface area (Å²) < 4.78 is 32.4. The predicted octanol–water partition coefficient (Wildman–Crippen LogP) is 7.43. The number of hydroxylamine groups is 1. The molecule has 2 N–H and O–H groups in total. The standard InChI is InChI=1S/C31H26Cl3N5O5S/c1-17-5-10-22(11-6-17)45(42,43)44-39(21-9-7-18(2)26(34)16-21)30(41)24-14-20(15-27-28(24)37-31(36-27)38(3)4)35-29(40)23-13-19(32)8-12-25(23)33/h5-16H,1-4H3,(H,35,40)(H,36,37). The zero-order valence-corrected chi connectivity index (χ0v) is 27.4. The number of fused-ring (bicyclic) bond motifs is 1. The number of amides is 2. The number of imidazole rings is 1. The molecule has 0 saturated carbocycles. The Morgan fingerprint density at radius 3 is 2.24 bits per heavy atom. The van der Waals surface area contributed by atoms with Crippen LogP contribution in [0.4, 0.5) is 17.3 Å². The quantitative estimate of drug-likeness (QED) is 0.163. The second-order valence-electron chi connectivity index (χ2n) is 10.3. The van der Waals surface area contributed by atoms with E-state index in [1.165, 1.54) is 42.5 Å². The summed E-state index contributed by atoms with van der Waals surface area (Å²) in [5.41, 5.74) is 2.36. The normalized spacial score (nSPS) is 11.4. The third-order valence-electron chi connectivity index (χ3n) is 6.72. The molecule has 14 heteroatoms. The monoisotopic (exact) mass is 685 g/mol. The fourth-order valence-corrected chi connectivity index (χ4v) is 5.73. The van der Waals surface area contributed by atoms with Crippen molar-refractivity contribution in [3.63, 3.8) is 0 Å². The van der Waals surface area contributed by atoms with E-state index in [4.69, 9.17) is 39.1 Å². The average molecular weight is 687 g/mol. The number of hydrogen-bond donors (Lipinski definition) is 2. The van der Waals surface area contributed by atoms with E-state index >= 15 is 0 Å². The van der Waals surface area contributed by atoms with Crippen LogP contribution in [0, 0.1) is 13.8 Å². The van der Waals surface area contributed by atoms with Gasteiger partial charge in [0.15, 0.2) is 0 Å². The van der Waals surface area contributed by atoms with Gasteiger partial charge in [-0.1, -0.05) is 58.6 Å². The first-order valence-electron chi connectivity index (χ1n) is 13.3. The van der Waals surface area contributed by atoms with Crippen molar-refractivity contribution in [1.29, 1.82) is 0 Å². The van der Waals surface area contributed by atoms with E-state index < -0.39 is 21.9 Å². The highest BCUT2D eigenvalue weighted by molar-refractivity contribution is 7.86. The minimum absolute atomic E-state index is 0.0444. The predicted molar refractivity (Wildman–Crippen MR) is 177 cm³/mol. The van der Waals surface area contributed by atoms with E-state index in [-0.39, 0.29) is 43.0 Å². The number of rotatable bonds is 8. The summed E-state index contributed by atoms with van der Waals surface area (Å²) in [4.78, 5) is 36.8. The Labute approximate surface area is 274 Å². The molecule has 0 atom stereocenters. The highest BCUT2D eigenvalue weighted by Gasteiger charge is 2.30. The van der Waals surface area contributed by atoms with Gasteiger partial charge in [0.2, 0.25) is 5.95 Å². The number of nitrogens with zero attached hydrogens (tertiary/aromatic N) is 3. The van der Waals surface area contributed by atoms with Gasteiger partial charge in [0, 0.05) is 29.8 Å². The molecular weight excluding hydrogens is 661 g/mol. The van der Waals surface area contributed by atoms with Crippen molar-refractivity contribution in [2.24, 2.45) is 0 Å². The van der Waals surface area contributed by atoms with Crippen molar-refractivity contribution < 1.29 is 22.3 Å². The molecule has 232 valence electrons. The first-order chi connectivity index (χ1) is 21.2. The largest absolute Gasteiger partial charge is 0.349 e. The molecule has 0 aliphatic carbocycles. The molecule has 10 nitrogen and oxygen atoms in total. The topological polar surface area (TPSA) is 125 Å². The van der Waals surface area contributed by atoms with Crippen molar-refractivity contribution in [1.82, 2.24) is 9.97 Å². The van der Waals surface area contributed by atoms with Gasteiger partial charge in [0.05, 0.1) is 32.2 Å². The molecule has 0 radical (unpaired) electrons. The number of benzene rings is 4. The van der Waals surface area contributed by atoms with E-state index in [0.717, 1.165) is 5.56 Å². The Hall–Kier alpha value is -4.13. The smallest absolute Gasteiger partial charge is 0.318 e. The SMILES string of the molecule is Cc1ccc(S(=O)(=O)ON(C(=O)c2cc(NC(=O)c3cc(Cl)ccc3Cl)cc3[nH]c(N(C)C)nc23)c2ccc(C)c(Cl)c2)cc1. The number of aryl methyl sites for hydroxylation is 2. The van der Waals surface area contributed by atoms with Crippen LogP contribution in [0.1, 0.15) is 31.8 Å². The van der Waals surface area contributed by atoms with Crippen LogP contribution in [-0.2, 0) is 14.4 Å². The molecule has 0 saturated heterocycles. The van der Waals surface area contributed by atoms with Crippen LogP contribution in [0.15, 0.2) is 77.7 Å². The van der Waals surface area contributed by atoms with Crippen LogP contribution < -0.4 is 15.3 Å². The van der Waals surface area contributed by atoms with Gasteiger partial charge in [0.25, 0.3) is 11.8 Å². The molecule has 1 aromatic heterocycles. The fraction of sp³-hybridized carbons (Fsp3) is 0.129. The first-order valence-corrected chi connectivity index (χ1v) is 15.9. The van der Waals surface area contributed by atoms with Gasteiger partial charge in [0.1, 0.15) is 5.52 Å². The van der Waals surface area contributed by atoms with Gasteiger partial charge >= 0.3 is 10.1 Å². The maximum absolute atomic E-state index is 14.4. The number of nitrogens with one attached hydrogen (secondary N) is 2. The number of hydrogen-bond acceptors (Lipinski definition) is 7. The number of carbonyl (C=O) groups excluding carboxylic acids is 2. The van der Waals surface area contributed by atoms with Crippen molar-refractivity contribution in [3.05, 3.63) is 110 Å². The van der Waals surface area contributed by atoms with Gasteiger partial charge in [-0.15, -0.1) is 4.28 Å². The van der Waals surface area contributed by atoms with Crippen LogP contribution in [0.25, 0.3) is 11.0 Å². The number of H-pyrrole nitrogens is 1. The second-order valence-corrected chi connectivity index (χ2v) is 13.1. The third-order valence-corrected chi connectivity index (χ3v) is 8.88. The van der Waals surface area contributed by atoms with Crippen molar-refractivity contribution >= 4 is 85.1 Å². The van der Waals surface area contributed by atoms with E-state index in [9.17, 15) is 18.0 Å². The average Bonchev–Trinajstić information content (AvgIpc) is 3.43. The third kappa shape index (κ3) is 6.92. The second kappa shape index (κ2) is 12.7. The zero-order chi connectivity index (χ0) is 32.6. The number of halogens is 3. The van der Waals surface area contributed by atoms with Crippen LogP contribution in [0.5, 0.6) is 0 Å². The Kier molecular flexibility index (Phi) is 9.11. The Balaban J connectivity index is 1.64. The van der Waals surface area contributed by atoms with Crippen molar-refractivity contribution in [2.75, 3.05) is 29.4 Å². The summed E-state index contributed by atoms with van der Waals surface area (Å²) >= 11 is 18.7. The van der Waals surface area contributed by atoms with Gasteiger partial charge in [-0.05, 0) is 74.0 Å². The van der Waals surface area contributed by atoms with E-state index in [1.807, 2.05) is 6.92 Å². The molecule has 0 aliphatic heterocycles. The van der Waals surface area contributed by atoms with Gasteiger partial charge in [-0.25, -0.2) is 4.98 Å². The van der Waals surface area contributed by atoms with Gasteiger partial charge in [-0.2, -0.15) is 13.5 Å². The molecule has 0 unspecified atom stereocenters. The Morgan fingerprint density at radius 1 is 0.867 bits per heavy atom. The minimum atomic E-state index is -4.51. The fourth-order valence-electron chi connectivity index (χ4n) is 4.28. The Morgan fingerprint density at radius 2 is 1.58 bits per heavy atom. The van der Waals surface area contributed by atoms with Crippen LogP contribution in [0.3, 0.4) is 0 Å². The highest BCUT2D eigenvalue weighted by Crippen LogP contribution is 2.32. The molecule has 2 amide bonds. The lowest BCUT2D eigenvalue weighted by Gasteiger charge is -2.22. The summed E-state index contributed by atoms with van der Waals surface area (Å²) in [5, 5.41) is 4.12. The van der Waals surface area contributed by atoms with Crippen molar-refractivity contribution in [2.45, 2.75) is 18.7 Å².